The van der Waals surface area contributed by atoms with Crippen LogP contribution in [0.15, 0.2) is 28.6 Å². The largest absolute Gasteiger partial charge is 0.325 e. The highest BCUT2D eigenvalue weighted by atomic mass is 32.2. The third kappa shape index (κ3) is 5.33. The third-order valence-corrected chi connectivity index (χ3v) is 4.88. The number of benzene rings is 1. The smallest absolute Gasteiger partial charge is 0.234 e. The number of para-hydroxylation sites is 1. The number of hydrogen-bond acceptors (Lipinski definition) is 6. The molecule has 2 rings (SSSR count). The monoisotopic (exact) mass is 350 g/mol. The van der Waals surface area contributed by atoms with Crippen molar-refractivity contribution in [1.29, 1.82) is 0 Å². The summed E-state index contributed by atoms with van der Waals surface area (Å²) in [5, 5.41) is 13.9. The van der Waals surface area contributed by atoms with Gasteiger partial charge in [-0.15, -0.1) is 10.2 Å². The van der Waals surface area contributed by atoms with Crippen LogP contribution in [0.1, 0.15) is 19.4 Å². The van der Waals surface area contributed by atoms with Crippen LogP contribution in [0, 0.1) is 12.8 Å². The van der Waals surface area contributed by atoms with Crippen molar-refractivity contribution in [3.05, 3.63) is 29.8 Å². The SMILES string of the molecule is Cc1ccccc1NC(=O)CSc1nnc(NC(=O)C(C)C)s1. The minimum absolute atomic E-state index is 0.102. The number of rotatable bonds is 6. The molecule has 1 aromatic carbocycles. The van der Waals surface area contributed by atoms with Crippen molar-refractivity contribution in [1.82, 2.24) is 10.2 Å². The Morgan fingerprint density at radius 3 is 2.65 bits per heavy atom. The highest BCUT2D eigenvalue weighted by molar-refractivity contribution is 8.01. The molecule has 0 fully saturated rings. The van der Waals surface area contributed by atoms with E-state index in [-0.39, 0.29) is 23.5 Å². The lowest BCUT2D eigenvalue weighted by Crippen LogP contribution is -2.17. The minimum Gasteiger partial charge on any atom is -0.325 e. The molecule has 0 aliphatic carbocycles. The van der Waals surface area contributed by atoms with E-state index >= 15 is 0 Å². The topological polar surface area (TPSA) is 84.0 Å². The summed E-state index contributed by atoms with van der Waals surface area (Å²) in [6, 6.07) is 7.61. The zero-order valence-electron chi connectivity index (χ0n) is 13.1. The number of thioether (sulfide) groups is 1. The Balaban J connectivity index is 1.84. The molecule has 0 aliphatic heterocycles. The predicted molar refractivity (Wildman–Crippen MR) is 93.9 cm³/mol. The summed E-state index contributed by atoms with van der Waals surface area (Å²) in [6.45, 7) is 5.56. The van der Waals surface area contributed by atoms with Crippen molar-refractivity contribution in [3.8, 4) is 0 Å². The zero-order valence-corrected chi connectivity index (χ0v) is 14.8. The Morgan fingerprint density at radius 2 is 1.96 bits per heavy atom. The van der Waals surface area contributed by atoms with Crippen molar-refractivity contribution in [2.45, 2.75) is 25.1 Å². The van der Waals surface area contributed by atoms with Gasteiger partial charge >= 0.3 is 0 Å². The van der Waals surface area contributed by atoms with Gasteiger partial charge in [0, 0.05) is 11.6 Å². The molecular formula is C15H18N4O2S2. The lowest BCUT2D eigenvalue weighted by atomic mass is 10.2. The number of aromatic nitrogens is 2. The standard InChI is InChI=1S/C15H18N4O2S2/c1-9(2)13(21)17-14-18-19-15(23-14)22-8-12(20)16-11-7-5-4-6-10(11)3/h4-7,9H,8H2,1-3H3,(H,16,20)(H,17,18,21). The summed E-state index contributed by atoms with van der Waals surface area (Å²) in [6.07, 6.45) is 0. The van der Waals surface area contributed by atoms with Crippen LogP contribution in [-0.2, 0) is 9.59 Å². The maximum absolute atomic E-state index is 12.0. The molecule has 0 atom stereocenters. The number of aryl methyl sites for hydroxylation is 1. The summed E-state index contributed by atoms with van der Waals surface area (Å²) in [7, 11) is 0. The molecule has 8 heteroatoms. The van der Waals surface area contributed by atoms with Gasteiger partial charge in [0.05, 0.1) is 5.75 Å². The van der Waals surface area contributed by atoms with Crippen LogP contribution < -0.4 is 10.6 Å². The van der Waals surface area contributed by atoms with Crippen molar-refractivity contribution in [2.24, 2.45) is 5.92 Å². The highest BCUT2D eigenvalue weighted by Crippen LogP contribution is 2.26. The molecule has 2 amide bonds. The quantitative estimate of drug-likeness (QED) is 0.617. The van der Waals surface area contributed by atoms with Gasteiger partial charge in [0.2, 0.25) is 16.9 Å². The average molecular weight is 350 g/mol. The fourth-order valence-electron chi connectivity index (χ4n) is 1.60. The summed E-state index contributed by atoms with van der Waals surface area (Å²) in [5.41, 5.74) is 1.82. The Bertz CT molecular complexity index is 700. The third-order valence-electron chi connectivity index (χ3n) is 2.91. The molecule has 1 heterocycles. The van der Waals surface area contributed by atoms with Crippen molar-refractivity contribution in [3.63, 3.8) is 0 Å². The number of hydrogen-bond donors (Lipinski definition) is 2. The average Bonchev–Trinajstić information content (AvgIpc) is 2.95. The second-order valence-corrected chi connectivity index (χ2v) is 7.37. The highest BCUT2D eigenvalue weighted by Gasteiger charge is 2.12. The van der Waals surface area contributed by atoms with Crippen LogP contribution in [0.2, 0.25) is 0 Å². The summed E-state index contributed by atoms with van der Waals surface area (Å²) in [5.74, 6) is -0.0849. The van der Waals surface area contributed by atoms with Crippen LogP contribution >= 0.6 is 23.1 Å². The maximum atomic E-state index is 12.0. The zero-order chi connectivity index (χ0) is 16.8. The molecule has 0 saturated carbocycles. The van der Waals surface area contributed by atoms with E-state index in [1.807, 2.05) is 45.0 Å². The lowest BCUT2D eigenvalue weighted by Gasteiger charge is -2.06. The van der Waals surface area contributed by atoms with Crippen LogP contribution in [0.3, 0.4) is 0 Å². The van der Waals surface area contributed by atoms with E-state index < -0.39 is 0 Å². The van der Waals surface area contributed by atoms with E-state index in [0.717, 1.165) is 11.3 Å². The summed E-state index contributed by atoms with van der Waals surface area (Å²) >= 11 is 2.55. The Kier molecular flexibility index (Phi) is 6.12. The Labute approximate surface area is 143 Å². The molecule has 2 aromatic rings. The molecule has 0 spiro atoms. The van der Waals surface area contributed by atoms with E-state index in [0.29, 0.717) is 9.47 Å². The first-order chi connectivity index (χ1) is 11.0. The van der Waals surface area contributed by atoms with Crippen molar-refractivity contribution >= 4 is 45.7 Å². The van der Waals surface area contributed by atoms with Gasteiger partial charge in [0.25, 0.3) is 0 Å². The molecule has 0 bridgehead atoms. The number of nitrogens with zero attached hydrogens (tertiary/aromatic N) is 2. The van der Waals surface area contributed by atoms with Gasteiger partial charge in [-0.05, 0) is 18.6 Å². The van der Waals surface area contributed by atoms with E-state index in [2.05, 4.69) is 20.8 Å². The molecule has 1 aromatic heterocycles. The molecule has 6 nitrogen and oxygen atoms in total. The molecule has 122 valence electrons. The van der Waals surface area contributed by atoms with Gasteiger partial charge in [0.15, 0.2) is 4.34 Å². The van der Waals surface area contributed by atoms with Crippen LogP contribution in [-0.4, -0.2) is 27.8 Å². The molecule has 23 heavy (non-hydrogen) atoms. The molecular weight excluding hydrogens is 332 g/mol. The van der Waals surface area contributed by atoms with Gasteiger partial charge in [0.1, 0.15) is 0 Å². The molecule has 0 radical (unpaired) electrons. The van der Waals surface area contributed by atoms with E-state index in [9.17, 15) is 9.59 Å². The minimum atomic E-state index is -0.116. The van der Waals surface area contributed by atoms with Crippen molar-refractivity contribution in [2.75, 3.05) is 16.4 Å². The molecule has 2 N–H and O–H groups in total. The second-order valence-electron chi connectivity index (χ2n) is 5.17. The Hall–Kier alpha value is -1.93. The summed E-state index contributed by atoms with van der Waals surface area (Å²) < 4.78 is 0.643. The van der Waals surface area contributed by atoms with Crippen LogP contribution in [0.4, 0.5) is 10.8 Å². The van der Waals surface area contributed by atoms with E-state index in [4.69, 9.17) is 0 Å². The lowest BCUT2D eigenvalue weighted by molar-refractivity contribution is -0.119. The predicted octanol–water partition coefficient (Wildman–Crippen LogP) is 3.17. The number of carbonyl (C=O) groups excluding carboxylic acids is 2. The fourth-order valence-corrected chi connectivity index (χ4v) is 3.15. The fraction of sp³-hybridized carbons (Fsp3) is 0.333. The first-order valence-electron chi connectivity index (χ1n) is 7.08. The van der Waals surface area contributed by atoms with Gasteiger partial charge in [-0.2, -0.15) is 0 Å². The van der Waals surface area contributed by atoms with Gasteiger partial charge in [-0.3, -0.25) is 9.59 Å². The second kappa shape index (κ2) is 8.07. The number of nitrogens with one attached hydrogen (secondary N) is 2. The van der Waals surface area contributed by atoms with Crippen molar-refractivity contribution < 1.29 is 9.59 Å². The number of amides is 2. The molecule has 0 saturated heterocycles. The Morgan fingerprint density at radius 1 is 1.22 bits per heavy atom. The summed E-state index contributed by atoms with van der Waals surface area (Å²) in [4.78, 5) is 23.5. The normalized spacial score (nSPS) is 10.6. The first-order valence-corrected chi connectivity index (χ1v) is 8.88. The van der Waals surface area contributed by atoms with E-state index in [1.54, 1.807) is 0 Å². The van der Waals surface area contributed by atoms with Crippen LogP contribution in [0.25, 0.3) is 0 Å². The number of anilines is 2. The molecule has 0 aliphatic rings. The first kappa shape index (κ1) is 17.4. The maximum Gasteiger partial charge on any atom is 0.234 e. The van der Waals surface area contributed by atoms with Gasteiger partial charge in [-0.25, -0.2) is 0 Å². The molecule has 0 unspecified atom stereocenters. The van der Waals surface area contributed by atoms with E-state index in [1.165, 1.54) is 23.1 Å². The van der Waals surface area contributed by atoms with Crippen LogP contribution in [0.5, 0.6) is 0 Å². The van der Waals surface area contributed by atoms with Gasteiger partial charge < -0.3 is 10.6 Å². The van der Waals surface area contributed by atoms with Gasteiger partial charge in [-0.1, -0.05) is 55.1 Å². The number of carbonyl (C=O) groups is 2.